The van der Waals surface area contributed by atoms with E-state index in [1.807, 2.05) is 27.4 Å². The van der Waals surface area contributed by atoms with Gasteiger partial charge in [-0.15, -0.1) is 0 Å². The van der Waals surface area contributed by atoms with Crippen LogP contribution in [0, 0.1) is 5.92 Å². The third kappa shape index (κ3) is 8.25. The molecule has 0 spiro atoms. The normalized spacial score (nSPS) is 15.5. The number of hydrogen-bond acceptors (Lipinski definition) is 6. The minimum Gasteiger partial charge on any atom is -0.464 e. The molecule has 0 fully saturated rings. The van der Waals surface area contributed by atoms with E-state index in [1.54, 1.807) is 6.92 Å². The van der Waals surface area contributed by atoms with Crippen molar-refractivity contribution in [1.82, 2.24) is 5.32 Å². The van der Waals surface area contributed by atoms with Crippen LogP contribution in [0.3, 0.4) is 0 Å². The lowest BCUT2D eigenvalue weighted by molar-refractivity contribution is -0.148. The fraction of sp³-hybridized carbons (Fsp3) is 0.833. The van der Waals surface area contributed by atoms with Crippen LogP contribution >= 0.6 is 16.8 Å². The Balaban J connectivity index is 4.41. The number of esters is 1. The Kier molecular flexibility index (Phi) is 9.72. The van der Waals surface area contributed by atoms with E-state index in [9.17, 15) is 9.59 Å². The van der Waals surface area contributed by atoms with Crippen LogP contribution in [0.25, 0.3) is 0 Å². The van der Waals surface area contributed by atoms with Crippen LogP contribution in [-0.2, 0) is 30.7 Å². The van der Waals surface area contributed by atoms with Crippen LogP contribution in [0.4, 0.5) is 0 Å². The smallest absolute Gasteiger partial charge is 0.328 e. The molecule has 0 aromatic carbocycles. The summed E-state index contributed by atoms with van der Waals surface area (Å²) in [7, 11) is 0. The van der Waals surface area contributed by atoms with E-state index in [4.69, 9.17) is 21.1 Å². The third-order valence-electron chi connectivity index (χ3n) is 2.32. The molecule has 0 saturated carbocycles. The predicted molar refractivity (Wildman–Crippen MR) is 87.7 cm³/mol. The minimum atomic E-state index is -1.98. The first-order chi connectivity index (χ1) is 9.23. The van der Waals surface area contributed by atoms with Crippen molar-refractivity contribution in [3.05, 3.63) is 0 Å². The lowest BCUT2D eigenvalue weighted by Crippen LogP contribution is -2.46. The second kappa shape index (κ2) is 9.77. The van der Waals surface area contributed by atoms with Gasteiger partial charge in [0.25, 0.3) is 0 Å². The molecule has 2 atom stereocenters. The molecule has 0 aromatic rings. The van der Waals surface area contributed by atoms with E-state index in [0.717, 1.165) is 0 Å². The van der Waals surface area contributed by atoms with Gasteiger partial charge in [-0.3, -0.25) is 4.79 Å². The Morgan fingerprint density at radius 1 is 1.30 bits per heavy atom. The molecule has 1 unspecified atom stereocenters. The van der Waals surface area contributed by atoms with Gasteiger partial charge in [0.1, 0.15) is 11.5 Å². The van der Waals surface area contributed by atoms with Gasteiger partial charge in [0.15, 0.2) is 0 Å². The van der Waals surface area contributed by atoms with Gasteiger partial charge in [-0.1, -0.05) is 37.0 Å². The summed E-state index contributed by atoms with van der Waals surface area (Å²) in [5.74, 6) is -0.463. The quantitative estimate of drug-likeness (QED) is 0.513. The first-order valence-corrected chi connectivity index (χ1v) is 11.3. The molecule has 20 heavy (non-hydrogen) atoms. The molecule has 0 rings (SSSR count). The second-order valence-electron chi connectivity index (χ2n) is 4.50. The molecule has 0 aromatic heterocycles. The summed E-state index contributed by atoms with van der Waals surface area (Å²) in [6, 6.07) is -0.621. The van der Waals surface area contributed by atoms with Crippen LogP contribution in [0.15, 0.2) is 0 Å². The molecule has 0 heterocycles. The Morgan fingerprint density at radius 3 is 2.35 bits per heavy atom. The minimum absolute atomic E-state index is 0.0282. The van der Waals surface area contributed by atoms with E-state index >= 15 is 0 Å². The summed E-state index contributed by atoms with van der Waals surface area (Å²) in [4.78, 5) is 23.6. The average molecular weight is 341 g/mol. The van der Waals surface area contributed by atoms with Crippen molar-refractivity contribution in [2.24, 2.45) is 5.92 Å². The number of hydrogen-bond donors (Lipinski definition) is 1. The number of ether oxygens (including phenoxy) is 1. The third-order valence-corrected chi connectivity index (χ3v) is 7.28. The number of rotatable bonds is 9. The molecule has 8 heteroatoms. The number of carbonyl (C=O) groups is 2. The summed E-state index contributed by atoms with van der Waals surface area (Å²) in [6.45, 7) is 10.0. The molecule has 0 saturated heterocycles. The fourth-order valence-corrected chi connectivity index (χ4v) is 4.76. The Labute approximate surface area is 130 Å². The zero-order valence-corrected chi connectivity index (χ0v) is 15.2. The van der Waals surface area contributed by atoms with Crippen molar-refractivity contribution in [3.63, 3.8) is 0 Å². The van der Waals surface area contributed by atoms with Gasteiger partial charge in [-0.05, 0) is 26.4 Å². The molecule has 1 N–H and O–H groups in total. The molecule has 0 aliphatic rings. The van der Waals surface area contributed by atoms with Crippen molar-refractivity contribution in [3.8, 4) is 0 Å². The van der Waals surface area contributed by atoms with Gasteiger partial charge in [-0.25, -0.2) is 4.79 Å². The van der Waals surface area contributed by atoms with Crippen LogP contribution in [0.2, 0.25) is 0 Å². The molecule has 0 bridgehead atoms. The summed E-state index contributed by atoms with van der Waals surface area (Å²) in [5, 5.41) is 2.70. The molecule has 0 radical (unpaired) electrons. The van der Waals surface area contributed by atoms with E-state index in [0.29, 0.717) is 13.2 Å². The maximum absolute atomic E-state index is 11.9. The standard InChI is InChI=1S/C12H24NO4PS2/c1-6-16-12(15)11(9(3)4)13-10(14)8-20-18(5,19)17-7-2/h9,11H,6-8H2,1-5H3,(H,13,14)/t11-,18?/m0/s1. The van der Waals surface area contributed by atoms with Crippen molar-refractivity contribution < 1.29 is 18.8 Å². The zero-order valence-electron chi connectivity index (χ0n) is 12.7. The van der Waals surface area contributed by atoms with Crippen LogP contribution in [0.1, 0.15) is 27.7 Å². The van der Waals surface area contributed by atoms with Gasteiger partial charge < -0.3 is 14.6 Å². The number of carbonyl (C=O) groups excluding carboxylic acids is 2. The maximum Gasteiger partial charge on any atom is 0.328 e. The first kappa shape index (κ1) is 19.9. The molecule has 0 aliphatic heterocycles. The van der Waals surface area contributed by atoms with Crippen LogP contribution < -0.4 is 5.32 Å². The summed E-state index contributed by atoms with van der Waals surface area (Å²) in [5.41, 5.74) is -1.98. The molecule has 0 aliphatic carbocycles. The highest BCUT2D eigenvalue weighted by Crippen LogP contribution is 2.56. The summed E-state index contributed by atoms with van der Waals surface area (Å²) in [6.07, 6.45) is 0. The lowest BCUT2D eigenvalue weighted by Gasteiger charge is -2.21. The van der Waals surface area contributed by atoms with E-state index in [1.165, 1.54) is 11.4 Å². The fourth-order valence-electron chi connectivity index (χ4n) is 1.39. The zero-order chi connectivity index (χ0) is 15.8. The topological polar surface area (TPSA) is 64.6 Å². The van der Waals surface area contributed by atoms with Gasteiger partial charge in [-0.2, -0.15) is 0 Å². The number of amides is 1. The Hall–Kier alpha value is -0.100. The summed E-state index contributed by atoms with van der Waals surface area (Å²) >= 11 is 6.63. The van der Waals surface area contributed by atoms with E-state index < -0.39 is 17.5 Å². The highest BCUT2D eigenvalue weighted by Gasteiger charge is 2.25. The summed E-state index contributed by atoms with van der Waals surface area (Å²) < 4.78 is 10.4. The van der Waals surface area contributed by atoms with Crippen molar-refractivity contribution >= 4 is 40.5 Å². The van der Waals surface area contributed by atoms with Crippen molar-refractivity contribution in [2.75, 3.05) is 25.6 Å². The Morgan fingerprint density at radius 2 is 1.90 bits per heavy atom. The number of nitrogens with one attached hydrogen (secondary N) is 1. The predicted octanol–water partition coefficient (Wildman–Crippen LogP) is 2.40. The molecule has 5 nitrogen and oxygen atoms in total. The first-order valence-electron chi connectivity index (χ1n) is 6.56. The van der Waals surface area contributed by atoms with Gasteiger partial charge in [0.05, 0.1) is 12.4 Å². The molecular weight excluding hydrogens is 317 g/mol. The maximum atomic E-state index is 11.9. The van der Waals surface area contributed by atoms with Gasteiger partial charge in [0, 0.05) is 6.61 Å². The van der Waals surface area contributed by atoms with Crippen molar-refractivity contribution in [1.29, 1.82) is 0 Å². The largest absolute Gasteiger partial charge is 0.464 e. The SMILES string of the molecule is CCOC(=O)[C@@H](NC(=O)CSP(C)(=S)OCC)C(C)C. The van der Waals surface area contributed by atoms with Crippen molar-refractivity contribution in [2.45, 2.75) is 33.7 Å². The highest BCUT2D eigenvalue weighted by atomic mass is 32.9. The van der Waals surface area contributed by atoms with Crippen LogP contribution in [0.5, 0.6) is 0 Å². The van der Waals surface area contributed by atoms with E-state index in [2.05, 4.69) is 5.32 Å². The van der Waals surface area contributed by atoms with Gasteiger partial charge in [0.2, 0.25) is 5.91 Å². The molecular formula is C12H24NO4PS2. The molecule has 118 valence electrons. The second-order valence-corrected chi connectivity index (χ2v) is 12.5. The highest BCUT2D eigenvalue weighted by molar-refractivity contribution is 8.69. The van der Waals surface area contributed by atoms with Crippen LogP contribution in [-0.4, -0.2) is 43.5 Å². The van der Waals surface area contributed by atoms with Gasteiger partial charge >= 0.3 is 5.97 Å². The monoisotopic (exact) mass is 341 g/mol. The lowest BCUT2D eigenvalue weighted by atomic mass is 10.0. The Bertz CT molecular complexity index is 376. The van der Waals surface area contributed by atoms with E-state index in [-0.39, 0.29) is 17.6 Å². The molecule has 1 amide bonds. The average Bonchev–Trinajstić information content (AvgIpc) is 2.33.